The van der Waals surface area contributed by atoms with E-state index >= 15 is 0 Å². The van der Waals surface area contributed by atoms with Gasteiger partial charge in [-0.25, -0.2) is 0 Å². The largest absolute Gasteiger partial charge is 1.00 e. The minimum Gasteiger partial charge on any atom is -1.00 e. The van der Waals surface area contributed by atoms with Crippen molar-refractivity contribution < 1.29 is 49.2 Å². The quantitative estimate of drug-likeness (QED) is 0.370. The molecule has 1 unspecified atom stereocenters. The van der Waals surface area contributed by atoms with E-state index in [1.165, 1.54) is 41.1 Å². The molecule has 1 aliphatic carbocycles. The second-order valence-electron chi connectivity index (χ2n) is 8.85. The van der Waals surface area contributed by atoms with E-state index in [0.717, 1.165) is 0 Å². The Balaban J connectivity index is 0.00000182. The van der Waals surface area contributed by atoms with Crippen molar-refractivity contribution in [1.29, 1.82) is 0 Å². The van der Waals surface area contributed by atoms with E-state index in [0.29, 0.717) is 14.0 Å². The molecule has 4 heteroatoms. The molecule has 0 spiro atoms. The van der Waals surface area contributed by atoms with Gasteiger partial charge in [0.25, 0.3) is 0 Å². The number of rotatable bonds is 2. The molecule has 1 aliphatic rings. The van der Waals surface area contributed by atoms with Crippen molar-refractivity contribution in [3.63, 3.8) is 0 Å². The summed E-state index contributed by atoms with van der Waals surface area (Å²) in [6.45, 7) is 14.6. The molecule has 1 atom stereocenters. The fourth-order valence-corrected chi connectivity index (χ4v) is 11.0. The summed E-state index contributed by atoms with van der Waals surface area (Å²) in [5.41, 5.74) is 5.77. The van der Waals surface area contributed by atoms with Gasteiger partial charge in [0.05, 0.1) is 0 Å². The Kier molecular flexibility index (Phi) is 8.60. The summed E-state index contributed by atoms with van der Waals surface area (Å²) in [7, 11) is -0.215. The van der Waals surface area contributed by atoms with Crippen LogP contribution in [0.5, 0.6) is 0 Å². The molecule has 0 fully saturated rings. The number of allylic oxidation sites excluding steroid dienone is 1. The van der Waals surface area contributed by atoms with E-state index in [-0.39, 0.29) is 32.7 Å². The van der Waals surface area contributed by atoms with Crippen molar-refractivity contribution in [3.8, 4) is 11.1 Å². The molecule has 0 aliphatic heterocycles. The van der Waals surface area contributed by atoms with Crippen LogP contribution in [0.15, 0.2) is 53.8 Å². The first-order chi connectivity index (χ1) is 11.6. The Hall–Kier alpha value is 0.0601. The predicted molar refractivity (Wildman–Crippen MR) is 109 cm³/mol. The molecule has 0 nitrogen and oxygen atoms in total. The third-order valence-electron chi connectivity index (χ3n) is 4.72. The average molecular weight is 585 g/mol. The molecule has 0 saturated carbocycles. The van der Waals surface area contributed by atoms with Crippen LogP contribution in [-0.4, -0.2) is 10.3 Å². The SMILES string of the molecule is CC(C)(C)P(C1=Cc2c(-c3ccccc3)cccc2[CH]1[Hf+2])C(C)(C)C.[Cl-].[Cl-]. The van der Waals surface area contributed by atoms with Crippen LogP contribution in [-0.2, 0) is 24.4 Å². The summed E-state index contributed by atoms with van der Waals surface area (Å²) in [4.78, 5) is 0. The molecule has 0 heterocycles. The number of hydrogen-bond donors (Lipinski definition) is 0. The van der Waals surface area contributed by atoms with Crippen molar-refractivity contribution in [1.82, 2.24) is 0 Å². The second-order valence-corrected chi connectivity index (χ2v) is 14.8. The van der Waals surface area contributed by atoms with E-state index in [4.69, 9.17) is 0 Å². The summed E-state index contributed by atoms with van der Waals surface area (Å²) in [6, 6.07) is 17.8. The molecule has 0 amide bonds. The van der Waals surface area contributed by atoms with Gasteiger partial charge in [-0.3, -0.25) is 0 Å². The molecule has 3 rings (SSSR count). The number of benzene rings is 2. The fraction of sp³-hybridized carbons (Fsp3) is 0.391. The van der Waals surface area contributed by atoms with Gasteiger partial charge in [-0.15, -0.1) is 0 Å². The van der Waals surface area contributed by atoms with Gasteiger partial charge in [-0.2, -0.15) is 0 Å². The number of hydrogen-bond acceptors (Lipinski definition) is 0. The zero-order valence-corrected chi connectivity index (χ0v) is 23.0. The second kappa shape index (κ2) is 9.25. The molecule has 0 bridgehead atoms. The van der Waals surface area contributed by atoms with E-state index in [1.54, 1.807) is 10.9 Å². The van der Waals surface area contributed by atoms with Crippen molar-refractivity contribution in [2.75, 3.05) is 0 Å². The summed E-state index contributed by atoms with van der Waals surface area (Å²) < 4.78 is 0.656. The molecule has 0 radical (unpaired) electrons. The van der Waals surface area contributed by atoms with Crippen molar-refractivity contribution in [2.24, 2.45) is 0 Å². The molecule has 143 valence electrons. The van der Waals surface area contributed by atoms with E-state index < -0.39 is 0 Å². The molecule has 2 aromatic rings. The van der Waals surface area contributed by atoms with Gasteiger partial charge >= 0.3 is 170 Å². The van der Waals surface area contributed by atoms with Crippen molar-refractivity contribution in [3.05, 3.63) is 65.0 Å². The molecule has 27 heavy (non-hydrogen) atoms. The summed E-state index contributed by atoms with van der Waals surface area (Å²) in [5.74, 6) is 0. The fourth-order valence-electron chi connectivity index (χ4n) is 4.23. The van der Waals surface area contributed by atoms with Gasteiger partial charge in [-0.05, 0) is 0 Å². The maximum Gasteiger partial charge on any atom is -1.00 e. The Labute approximate surface area is 193 Å². The first-order valence-electron chi connectivity index (χ1n) is 9.02. The summed E-state index contributed by atoms with van der Waals surface area (Å²) in [5, 5.41) is 2.38. The number of halogens is 2. The van der Waals surface area contributed by atoms with Crippen molar-refractivity contribution in [2.45, 2.75) is 55.5 Å². The smallest absolute Gasteiger partial charge is 1.00 e. The van der Waals surface area contributed by atoms with Gasteiger partial charge in [0.2, 0.25) is 0 Å². The number of fused-ring (bicyclic) bond motifs is 1. The maximum atomic E-state index is 2.57. The molecular weight excluding hydrogens is 557 g/mol. The Bertz CT molecular complexity index is 787. The molecule has 0 saturated heterocycles. The normalized spacial score (nSPS) is 16.3. The van der Waals surface area contributed by atoms with Gasteiger partial charge in [0.1, 0.15) is 0 Å². The van der Waals surface area contributed by atoms with Crippen LogP contribution in [0, 0.1) is 0 Å². The van der Waals surface area contributed by atoms with Gasteiger partial charge < -0.3 is 24.8 Å². The predicted octanol–water partition coefficient (Wildman–Crippen LogP) is 1.38. The first kappa shape index (κ1) is 25.1. The van der Waals surface area contributed by atoms with Crippen LogP contribution < -0.4 is 24.8 Å². The van der Waals surface area contributed by atoms with Crippen LogP contribution in [0.3, 0.4) is 0 Å². The minimum absolute atomic E-state index is 0. The third kappa shape index (κ3) is 5.16. The molecule has 0 N–H and O–H groups in total. The average Bonchev–Trinajstić information content (AvgIpc) is 2.82. The summed E-state index contributed by atoms with van der Waals surface area (Å²) in [6.07, 6.45) is 2.57. The topological polar surface area (TPSA) is 0 Å². The van der Waals surface area contributed by atoms with E-state index in [1.807, 2.05) is 0 Å². The van der Waals surface area contributed by atoms with Crippen LogP contribution >= 0.6 is 7.92 Å². The molecular formula is C23H28Cl2HfP. The Morgan fingerprint density at radius 3 is 1.85 bits per heavy atom. The minimum atomic E-state index is -0.215. The Morgan fingerprint density at radius 2 is 1.33 bits per heavy atom. The zero-order chi connectivity index (χ0) is 18.4. The zero-order valence-electron chi connectivity index (χ0n) is 17.0. The van der Waals surface area contributed by atoms with Crippen LogP contribution in [0.25, 0.3) is 17.2 Å². The molecule has 2 aromatic carbocycles. The maximum absolute atomic E-state index is 2.57. The molecule has 0 aromatic heterocycles. The van der Waals surface area contributed by atoms with Gasteiger partial charge in [0, 0.05) is 0 Å². The summed E-state index contributed by atoms with van der Waals surface area (Å²) >= 11 is 1.19. The third-order valence-corrected chi connectivity index (χ3v) is 11.4. The van der Waals surface area contributed by atoms with Gasteiger partial charge in [-0.1, -0.05) is 0 Å². The van der Waals surface area contributed by atoms with Crippen LogP contribution in [0.2, 0.25) is 0 Å². The van der Waals surface area contributed by atoms with Crippen LogP contribution in [0.1, 0.15) is 56.3 Å². The van der Waals surface area contributed by atoms with E-state index in [2.05, 4.69) is 96.1 Å². The first-order valence-corrected chi connectivity index (χ1v) is 12.4. The van der Waals surface area contributed by atoms with Gasteiger partial charge in [0.15, 0.2) is 0 Å². The van der Waals surface area contributed by atoms with E-state index in [9.17, 15) is 0 Å². The van der Waals surface area contributed by atoms with Crippen LogP contribution in [0.4, 0.5) is 0 Å². The van der Waals surface area contributed by atoms with Crippen molar-refractivity contribution >= 4 is 14.0 Å². The standard InChI is InChI=1S/C23H28P.2ClH.Hf/c1-22(2,3)24(23(4,5)6)19-15-18-13-10-14-20(21(18)16-19)17-11-8-7-9-12-17;;;/h7-16H,1-6H3;2*1H;/q;;;+2/p-2. The monoisotopic (exact) mass is 585 g/mol. The Morgan fingerprint density at radius 1 is 0.778 bits per heavy atom.